The van der Waals surface area contributed by atoms with Gasteiger partial charge >= 0.3 is 0 Å². The summed E-state index contributed by atoms with van der Waals surface area (Å²) in [6.45, 7) is 6.55. The summed E-state index contributed by atoms with van der Waals surface area (Å²) in [4.78, 5) is 0. The van der Waals surface area contributed by atoms with Crippen molar-refractivity contribution in [2.24, 2.45) is 5.92 Å². The zero-order chi connectivity index (χ0) is 13.8. The average Bonchev–Trinajstić information content (AvgIpc) is 2.30. The molecule has 1 saturated carbocycles. The molecule has 0 bridgehead atoms. The summed E-state index contributed by atoms with van der Waals surface area (Å²) in [5.41, 5.74) is 3.60. The van der Waals surface area contributed by atoms with Gasteiger partial charge in [0.2, 0.25) is 0 Å². The van der Waals surface area contributed by atoms with Crippen LogP contribution >= 0.6 is 12.2 Å². The van der Waals surface area contributed by atoms with Crippen LogP contribution in [0.25, 0.3) is 0 Å². The Kier molecular flexibility index (Phi) is 4.81. The van der Waals surface area contributed by atoms with E-state index < -0.39 is 0 Å². The minimum Gasteiger partial charge on any atom is -0.360 e. The number of benzene rings is 1. The largest absolute Gasteiger partial charge is 0.360 e. The Balaban J connectivity index is 1.87. The van der Waals surface area contributed by atoms with Gasteiger partial charge in [0.1, 0.15) is 0 Å². The molecule has 1 aromatic carbocycles. The zero-order valence-corrected chi connectivity index (χ0v) is 12.9. The van der Waals surface area contributed by atoms with Crippen LogP contribution in [0, 0.1) is 19.8 Å². The summed E-state index contributed by atoms with van der Waals surface area (Å²) in [5.74, 6) is 0.874. The third-order valence-electron chi connectivity index (χ3n) is 3.83. The van der Waals surface area contributed by atoms with Crippen LogP contribution in [0.3, 0.4) is 0 Å². The fourth-order valence-electron chi connectivity index (χ4n) is 2.80. The number of rotatable bonds is 2. The van der Waals surface area contributed by atoms with Gasteiger partial charge in [-0.3, -0.25) is 0 Å². The molecule has 0 atom stereocenters. The van der Waals surface area contributed by atoms with Crippen LogP contribution in [0.1, 0.15) is 43.7 Å². The second-order valence-electron chi connectivity index (χ2n) is 5.93. The maximum absolute atomic E-state index is 5.41. The maximum Gasteiger partial charge on any atom is 0.170 e. The van der Waals surface area contributed by atoms with Crippen LogP contribution in [0.15, 0.2) is 18.2 Å². The molecule has 0 aromatic heterocycles. The number of thiocarbonyl (C=S) groups is 1. The molecule has 0 saturated heterocycles. The predicted octanol–water partition coefficient (Wildman–Crippen LogP) is 4.17. The maximum atomic E-state index is 5.41. The summed E-state index contributed by atoms with van der Waals surface area (Å²) in [6, 6.07) is 6.97. The lowest BCUT2D eigenvalue weighted by molar-refractivity contribution is 0.332. The summed E-state index contributed by atoms with van der Waals surface area (Å²) in [5, 5.41) is 7.50. The van der Waals surface area contributed by atoms with Crippen LogP contribution in [-0.4, -0.2) is 11.2 Å². The van der Waals surface area contributed by atoms with E-state index in [1.165, 1.54) is 36.8 Å². The minimum atomic E-state index is 0.544. The van der Waals surface area contributed by atoms with Crippen molar-refractivity contribution in [2.45, 2.75) is 52.5 Å². The highest BCUT2D eigenvalue weighted by molar-refractivity contribution is 7.80. The van der Waals surface area contributed by atoms with Crippen molar-refractivity contribution in [1.29, 1.82) is 0 Å². The van der Waals surface area contributed by atoms with Gasteiger partial charge in [0.15, 0.2) is 5.11 Å². The SMILES string of the molecule is Cc1cc(C)cc(NC(=S)NC2CCC(C)CC2)c1. The Bertz CT molecular complexity index is 428. The molecule has 0 spiro atoms. The van der Waals surface area contributed by atoms with Crippen molar-refractivity contribution >= 4 is 23.0 Å². The number of nitrogens with one attached hydrogen (secondary N) is 2. The molecule has 2 N–H and O–H groups in total. The van der Waals surface area contributed by atoms with Crippen molar-refractivity contribution in [1.82, 2.24) is 5.32 Å². The van der Waals surface area contributed by atoms with Crippen molar-refractivity contribution < 1.29 is 0 Å². The highest BCUT2D eigenvalue weighted by Crippen LogP contribution is 2.23. The van der Waals surface area contributed by atoms with E-state index in [2.05, 4.69) is 49.6 Å². The lowest BCUT2D eigenvalue weighted by Crippen LogP contribution is -2.39. The highest BCUT2D eigenvalue weighted by atomic mass is 32.1. The van der Waals surface area contributed by atoms with E-state index in [9.17, 15) is 0 Å². The van der Waals surface area contributed by atoms with Crippen molar-refractivity contribution in [3.8, 4) is 0 Å². The third kappa shape index (κ3) is 4.50. The molecule has 2 rings (SSSR count). The standard InChI is InChI=1S/C16H24N2S/c1-11-4-6-14(7-5-11)17-16(19)18-15-9-12(2)8-13(3)10-15/h8-11,14H,4-7H2,1-3H3,(H2,17,18,19). The first-order valence-electron chi connectivity index (χ1n) is 7.19. The molecule has 1 fully saturated rings. The van der Waals surface area contributed by atoms with Gasteiger partial charge in [-0.2, -0.15) is 0 Å². The van der Waals surface area contributed by atoms with E-state index in [1.54, 1.807) is 0 Å². The van der Waals surface area contributed by atoms with Gasteiger partial charge in [-0.25, -0.2) is 0 Å². The first-order chi connectivity index (χ1) is 9.02. The Hall–Kier alpha value is -1.09. The quantitative estimate of drug-likeness (QED) is 0.793. The van der Waals surface area contributed by atoms with Crippen LogP contribution in [-0.2, 0) is 0 Å². The number of hydrogen-bond donors (Lipinski definition) is 2. The molecule has 0 amide bonds. The number of hydrogen-bond acceptors (Lipinski definition) is 1. The predicted molar refractivity (Wildman–Crippen MR) is 86.7 cm³/mol. The van der Waals surface area contributed by atoms with E-state index >= 15 is 0 Å². The van der Waals surface area contributed by atoms with E-state index in [4.69, 9.17) is 12.2 Å². The molecule has 1 aliphatic carbocycles. The molecule has 0 unspecified atom stereocenters. The molecule has 0 radical (unpaired) electrons. The van der Waals surface area contributed by atoms with Gasteiger partial charge in [0.05, 0.1) is 0 Å². The van der Waals surface area contributed by atoms with Gasteiger partial charge in [0, 0.05) is 11.7 Å². The van der Waals surface area contributed by atoms with Gasteiger partial charge in [0.25, 0.3) is 0 Å². The first kappa shape index (κ1) is 14.3. The molecule has 104 valence electrons. The van der Waals surface area contributed by atoms with Gasteiger partial charge in [-0.1, -0.05) is 13.0 Å². The molecule has 2 nitrogen and oxygen atoms in total. The van der Waals surface area contributed by atoms with Crippen molar-refractivity contribution in [3.63, 3.8) is 0 Å². The fourth-order valence-corrected chi connectivity index (χ4v) is 3.09. The Morgan fingerprint density at radius 2 is 1.63 bits per heavy atom. The van der Waals surface area contributed by atoms with E-state index in [1.807, 2.05) is 0 Å². The second kappa shape index (κ2) is 6.38. The van der Waals surface area contributed by atoms with E-state index in [-0.39, 0.29) is 0 Å². The minimum absolute atomic E-state index is 0.544. The van der Waals surface area contributed by atoms with Crippen LogP contribution in [0.2, 0.25) is 0 Å². The van der Waals surface area contributed by atoms with E-state index in [0.717, 1.165) is 16.7 Å². The van der Waals surface area contributed by atoms with E-state index in [0.29, 0.717) is 6.04 Å². The number of anilines is 1. The van der Waals surface area contributed by atoms with Gasteiger partial charge < -0.3 is 10.6 Å². The molecule has 3 heteroatoms. The molecular formula is C16H24N2S. The summed E-state index contributed by atoms with van der Waals surface area (Å²) >= 11 is 5.41. The average molecular weight is 276 g/mol. The Morgan fingerprint density at radius 1 is 1.05 bits per heavy atom. The summed E-state index contributed by atoms with van der Waals surface area (Å²) in [6.07, 6.45) is 5.08. The fraction of sp³-hybridized carbons (Fsp3) is 0.562. The third-order valence-corrected chi connectivity index (χ3v) is 4.05. The smallest absolute Gasteiger partial charge is 0.170 e. The number of aryl methyl sites for hydroxylation is 2. The first-order valence-corrected chi connectivity index (χ1v) is 7.59. The monoisotopic (exact) mass is 276 g/mol. The van der Waals surface area contributed by atoms with Crippen LogP contribution < -0.4 is 10.6 Å². The Morgan fingerprint density at radius 3 is 2.21 bits per heavy atom. The molecule has 1 aliphatic rings. The lowest BCUT2D eigenvalue weighted by Gasteiger charge is -2.28. The van der Waals surface area contributed by atoms with Crippen LogP contribution in [0.4, 0.5) is 5.69 Å². The second-order valence-corrected chi connectivity index (χ2v) is 6.34. The van der Waals surface area contributed by atoms with Gasteiger partial charge in [-0.05, 0) is 80.9 Å². The van der Waals surface area contributed by atoms with Crippen molar-refractivity contribution in [2.75, 3.05) is 5.32 Å². The summed E-state index contributed by atoms with van der Waals surface area (Å²) in [7, 11) is 0. The highest BCUT2D eigenvalue weighted by Gasteiger charge is 2.18. The molecule has 19 heavy (non-hydrogen) atoms. The zero-order valence-electron chi connectivity index (χ0n) is 12.1. The topological polar surface area (TPSA) is 24.1 Å². The molecule has 0 aliphatic heterocycles. The normalized spacial score (nSPS) is 22.9. The van der Waals surface area contributed by atoms with Crippen molar-refractivity contribution in [3.05, 3.63) is 29.3 Å². The molecule has 0 heterocycles. The van der Waals surface area contributed by atoms with Gasteiger partial charge in [-0.15, -0.1) is 0 Å². The lowest BCUT2D eigenvalue weighted by atomic mass is 9.87. The Labute approximate surface area is 122 Å². The molecule has 1 aromatic rings. The molecular weight excluding hydrogens is 252 g/mol. The van der Waals surface area contributed by atoms with Crippen LogP contribution in [0.5, 0.6) is 0 Å². The summed E-state index contributed by atoms with van der Waals surface area (Å²) < 4.78 is 0.